The molecule has 0 bridgehead atoms. The van der Waals surface area contributed by atoms with Crippen LogP contribution >= 0.6 is 11.6 Å². The van der Waals surface area contributed by atoms with Crippen LogP contribution in [0.4, 0.5) is 4.39 Å². The first kappa shape index (κ1) is 14.8. The summed E-state index contributed by atoms with van der Waals surface area (Å²) < 4.78 is 19.7. The lowest BCUT2D eigenvalue weighted by atomic mass is 10.1. The van der Waals surface area contributed by atoms with Crippen LogP contribution in [0, 0.1) is 19.7 Å². The Kier molecular flexibility index (Phi) is 4.31. The van der Waals surface area contributed by atoms with Gasteiger partial charge in [-0.05, 0) is 61.7 Å². The maximum absolute atomic E-state index is 14.0. The first-order valence-corrected chi connectivity index (χ1v) is 6.76. The molecule has 4 heteroatoms. The molecule has 0 spiro atoms. The molecular weight excluding hydrogens is 277 g/mol. The summed E-state index contributed by atoms with van der Waals surface area (Å²) in [4.78, 5) is 0. The minimum absolute atomic E-state index is 0.183. The Hall–Kier alpha value is -1.58. The monoisotopic (exact) mass is 293 g/mol. The van der Waals surface area contributed by atoms with Gasteiger partial charge in [-0.25, -0.2) is 4.39 Å². The van der Waals surface area contributed by atoms with E-state index in [9.17, 15) is 4.39 Å². The van der Waals surface area contributed by atoms with Crippen LogP contribution in [0.3, 0.4) is 0 Å². The topological polar surface area (TPSA) is 35.2 Å². The van der Waals surface area contributed by atoms with Crippen LogP contribution in [0.1, 0.15) is 29.7 Å². The minimum Gasteiger partial charge on any atom is -0.454 e. The van der Waals surface area contributed by atoms with Crippen LogP contribution in [0.15, 0.2) is 30.3 Å². The predicted octanol–water partition coefficient (Wildman–Crippen LogP) is 4.91. The molecule has 2 nitrogen and oxygen atoms in total. The summed E-state index contributed by atoms with van der Waals surface area (Å²) in [5, 5.41) is 0.639. The summed E-state index contributed by atoms with van der Waals surface area (Å²) in [5.74, 6) is 0.387. The Morgan fingerprint density at radius 2 is 1.75 bits per heavy atom. The van der Waals surface area contributed by atoms with Gasteiger partial charge >= 0.3 is 0 Å². The van der Waals surface area contributed by atoms with Crippen LogP contribution in [0.2, 0.25) is 5.02 Å². The van der Waals surface area contributed by atoms with Crippen LogP contribution in [0.25, 0.3) is 0 Å². The normalized spacial score (nSPS) is 12.3. The van der Waals surface area contributed by atoms with Gasteiger partial charge in [-0.2, -0.15) is 0 Å². The third-order valence-corrected chi connectivity index (χ3v) is 3.34. The lowest BCUT2D eigenvalue weighted by Crippen LogP contribution is -2.05. The molecule has 0 heterocycles. The van der Waals surface area contributed by atoms with Gasteiger partial charge < -0.3 is 10.5 Å². The highest BCUT2D eigenvalue weighted by Crippen LogP contribution is 2.33. The lowest BCUT2D eigenvalue weighted by molar-refractivity contribution is 0.436. The van der Waals surface area contributed by atoms with Crippen molar-refractivity contribution < 1.29 is 9.13 Å². The number of rotatable bonds is 3. The average molecular weight is 294 g/mol. The second-order valence-electron chi connectivity index (χ2n) is 4.95. The molecule has 0 aliphatic rings. The lowest BCUT2D eigenvalue weighted by Gasteiger charge is -2.14. The first-order chi connectivity index (χ1) is 9.38. The van der Waals surface area contributed by atoms with Crippen molar-refractivity contribution in [2.24, 2.45) is 5.73 Å². The molecule has 0 saturated carbocycles. The van der Waals surface area contributed by atoms with Gasteiger partial charge in [0.25, 0.3) is 0 Å². The zero-order valence-corrected chi connectivity index (χ0v) is 12.5. The predicted molar refractivity (Wildman–Crippen MR) is 80.0 cm³/mol. The number of aryl methyl sites for hydroxylation is 2. The highest BCUT2D eigenvalue weighted by Gasteiger charge is 2.12. The molecule has 0 aromatic heterocycles. The quantitative estimate of drug-likeness (QED) is 0.873. The van der Waals surface area contributed by atoms with Crippen LogP contribution in [-0.2, 0) is 0 Å². The molecule has 0 fully saturated rings. The third-order valence-electron chi connectivity index (χ3n) is 3.12. The zero-order valence-electron chi connectivity index (χ0n) is 11.7. The first-order valence-electron chi connectivity index (χ1n) is 6.38. The van der Waals surface area contributed by atoms with Gasteiger partial charge in [-0.15, -0.1) is 0 Å². The van der Waals surface area contributed by atoms with Crippen molar-refractivity contribution in [3.05, 3.63) is 57.9 Å². The van der Waals surface area contributed by atoms with Gasteiger partial charge in [-0.1, -0.05) is 17.7 Å². The molecule has 0 amide bonds. The smallest absolute Gasteiger partial charge is 0.166 e. The summed E-state index contributed by atoms with van der Waals surface area (Å²) in [6, 6.07) is 8.14. The second kappa shape index (κ2) is 5.81. The van der Waals surface area contributed by atoms with Crippen molar-refractivity contribution in [1.82, 2.24) is 0 Å². The van der Waals surface area contributed by atoms with Gasteiger partial charge in [0, 0.05) is 11.1 Å². The van der Waals surface area contributed by atoms with E-state index in [4.69, 9.17) is 22.1 Å². The van der Waals surface area contributed by atoms with E-state index in [1.807, 2.05) is 20.8 Å². The summed E-state index contributed by atoms with van der Waals surface area (Å²) in [5.41, 5.74) is 8.20. The van der Waals surface area contributed by atoms with E-state index < -0.39 is 5.82 Å². The number of ether oxygens (including phenoxy) is 1. The fourth-order valence-corrected chi connectivity index (χ4v) is 2.38. The highest BCUT2D eigenvalue weighted by atomic mass is 35.5. The van der Waals surface area contributed by atoms with Gasteiger partial charge in [0.2, 0.25) is 0 Å². The molecule has 106 valence electrons. The van der Waals surface area contributed by atoms with Crippen LogP contribution in [-0.4, -0.2) is 0 Å². The largest absolute Gasteiger partial charge is 0.454 e. The zero-order chi connectivity index (χ0) is 14.9. The highest BCUT2D eigenvalue weighted by molar-refractivity contribution is 6.30. The fraction of sp³-hybridized carbons (Fsp3) is 0.250. The number of hydrogen-bond donors (Lipinski definition) is 1. The summed E-state index contributed by atoms with van der Waals surface area (Å²) in [6.45, 7) is 5.56. The maximum atomic E-state index is 14.0. The van der Waals surface area contributed by atoms with E-state index in [2.05, 4.69) is 0 Å². The molecule has 0 saturated heterocycles. The molecule has 0 radical (unpaired) electrons. The molecule has 2 aromatic rings. The molecule has 1 unspecified atom stereocenters. The molecule has 0 aliphatic heterocycles. The molecular formula is C16H17ClFNO. The van der Waals surface area contributed by atoms with Crippen molar-refractivity contribution in [3.8, 4) is 11.5 Å². The van der Waals surface area contributed by atoms with E-state index >= 15 is 0 Å². The third kappa shape index (κ3) is 3.11. The molecule has 1 atom stereocenters. The van der Waals surface area contributed by atoms with Gasteiger partial charge in [-0.3, -0.25) is 0 Å². The summed E-state index contributed by atoms with van der Waals surface area (Å²) in [6.07, 6.45) is 0. The van der Waals surface area contributed by atoms with E-state index in [1.165, 1.54) is 6.07 Å². The van der Waals surface area contributed by atoms with E-state index in [0.717, 1.165) is 16.7 Å². The van der Waals surface area contributed by atoms with E-state index in [1.54, 1.807) is 24.3 Å². The van der Waals surface area contributed by atoms with Crippen molar-refractivity contribution in [3.63, 3.8) is 0 Å². The molecule has 2 rings (SSSR count). The number of hydrogen-bond acceptors (Lipinski definition) is 2. The Bertz CT molecular complexity index is 617. The standard InChI is InChI=1S/C16H17ClFNO/c1-9-6-13(17)7-10(2)16(9)20-15-5-4-12(11(3)19)8-14(15)18/h4-8,11H,19H2,1-3H3. The number of benzene rings is 2. The molecule has 0 aliphatic carbocycles. The fourth-order valence-electron chi connectivity index (χ4n) is 2.05. The van der Waals surface area contributed by atoms with Gasteiger partial charge in [0.1, 0.15) is 5.75 Å². The SMILES string of the molecule is Cc1cc(Cl)cc(C)c1Oc1ccc(C(C)N)cc1F. The van der Waals surface area contributed by atoms with E-state index in [0.29, 0.717) is 10.8 Å². The Morgan fingerprint density at radius 1 is 1.15 bits per heavy atom. The van der Waals surface area contributed by atoms with Gasteiger partial charge in [0.05, 0.1) is 0 Å². The second-order valence-corrected chi connectivity index (χ2v) is 5.39. The maximum Gasteiger partial charge on any atom is 0.166 e. The molecule has 2 aromatic carbocycles. The summed E-state index contributed by atoms with van der Waals surface area (Å²) in [7, 11) is 0. The van der Waals surface area contributed by atoms with Crippen LogP contribution < -0.4 is 10.5 Å². The number of halogens is 2. The average Bonchev–Trinajstić information content (AvgIpc) is 2.34. The number of nitrogens with two attached hydrogens (primary N) is 1. The van der Waals surface area contributed by atoms with Crippen molar-refractivity contribution in [1.29, 1.82) is 0 Å². The van der Waals surface area contributed by atoms with Gasteiger partial charge in [0.15, 0.2) is 11.6 Å². The van der Waals surface area contributed by atoms with Crippen molar-refractivity contribution in [2.45, 2.75) is 26.8 Å². The van der Waals surface area contributed by atoms with Crippen molar-refractivity contribution in [2.75, 3.05) is 0 Å². The Balaban J connectivity index is 2.36. The Morgan fingerprint density at radius 3 is 2.25 bits per heavy atom. The van der Waals surface area contributed by atoms with E-state index in [-0.39, 0.29) is 11.8 Å². The minimum atomic E-state index is -0.423. The summed E-state index contributed by atoms with van der Waals surface area (Å²) >= 11 is 5.97. The molecule has 2 N–H and O–H groups in total. The van der Waals surface area contributed by atoms with Crippen molar-refractivity contribution >= 4 is 11.6 Å². The molecule has 20 heavy (non-hydrogen) atoms. The Labute approximate surface area is 123 Å². The van der Waals surface area contributed by atoms with Crippen LogP contribution in [0.5, 0.6) is 11.5 Å².